The summed E-state index contributed by atoms with van der Waals surface area (Å²) < 4.78 is 6.42. The second kappa shape index (κ2) is 11.0. The average Bonchev–Trinajstić information content (AvgIpc) is 3.33. The van der Waals surface area contributed by atoms with Gasteiger partial charge in [-0.25, -0.2) is 9.48 Å². The molecule has 4 rings (SSSR count). The van der Waals surface area contributed by atoms with Gasteiger partial charge in [0.1, 0.15) is 11.4 Å². The Balaban J connectivity index is 1.71. The van der Waals surface area contributed by atoms with Crippen molar-refractivity contribution >= 4 is 35.0 Å². The highest BCUT2D eigenvalue weighted by Gasteiger charge is 2.23. The number of nitro groups is 1. The van der Waals surface area contributed by atoms with E-state index in [0.717, 1.165) is 6.07 Å². The number of para-hydroxylation sites is 2. The van der Waals surface area contributed by atoms with Crippen LogP contribution in [0.5, 0.6) is 0 Å². The van der Waals surface area contributed by atoms with Crippen LogP contribution in [-0.4, -0.2) is 39.1 Å². The predicted molar refractivity (Wildman–Crippen MR) is 135 cm³/mol. The molecule has 0 saturated carbocycles. The zero-order valence-electron chi connectivity index (χ0n) is 19.6. The first-order chi connectivity index (χ1) is 17.9. The molecule has 0 spiro atoms. The quantitative estimate of drug-likeness (QED) is 0.207. The monoisotopic (exact) mass is 499 g/mol. The third-order valence-electron chi connectivity index (χ3n) is 5.24. The molecule has 0 radical (unpaired) electrons. The zero-order valence-corrected chi connectivity index (χ0v) is 19.6. The molecule has 0 aliphatic carbocycles. The van der Waals surface area contributed by atoms with E-state index < -0.39 is 22.7 Å². The average molecular weight is 499 g/mol. The fourth-order valence-corrected chi connectivity index (χ4v) is 3.51. The van der Waals surface area contributed by atoms with Gasteiger partial charge in [0.05, 0.1) is 34.7 Å². The number of non-ortho nitro benzene ring substituents is 1. The molecule has 0 bridgehead atoms. The maximum absolute atomic E-state index is 13.3. The Morgan fingerprint density at radius 1 is 0.919 bits per heavy atom. The van der Waals surface area contributed by atoms with Crippen molar-refractivity contribution in [3.05, 3.63) is 112 Å². The van der Waals surface area contributed by atoms with Crippen LogP contribution in [0.4, 0.5) is 17.2 Å². The molecule has 37 heavy (non-hydrogen) atoms. The molecular formula is C26H21N5O6. The Hall–Kier alpha value is -5.32. The van der Waals surface area contributed by atoms with E-state index in [1.54, 1.807) is 55.5 Å². The van der Waals surface area contributed by atoms with Crippen molar-refractivity contribution in [2.75, 3.05) is 17.2 Å². The Kier molecular flexibility index (Phi) is 7.34. The normalized spacial score (nSPS) is 10.4. The van der Waals surface area contributed by atoms with Crippen molar-refractivity contribution < 1.29 is 24.0 Å². The van der Waals surface area contributed by atoms with E-state index in [-0.39, 0.29) is 40.5 Å². The second-order valence-electron chi connectivity index (χ2n) is 7.64. The number of rotatable bonds is 8. The van der Waals surface area contributed by atoms with E-state index in [4.69, 9.17) is 4.74 Å². The number of amides is 2. The van der Waals surface area contributed by atoms with Crippen molar-refractivity contribution in [3.8, 4) is 5.69 Å². The zero-order chi connectivity index (χ0) is 26.4. The number of carbonyl (C=O) groups excluding carboxylic acids is 3. The lowest BCUT2D eigenvalue weighted by molar-refractivity contribution is -0.384. The van der Waals surface area contributed by atoms with E-state index in [2.05, 4.69) is 15.7 Å². The first kappa shape index (κ1) is 24.8. The topological polar surface area (TPSA) is 145 Å². The number of nitrogens with one attached hydrogen (secondary N) is 2. The molecule has 1 aromatic heterocycles. The molecule has 2 amide bonds. The van der Waals surface area contributed by atoms with Crippen molar-refractivity contribution in [2.24, 2.45) is 0 Å². The summed E-state index contributed by atoms with van der Waals surface area (Å²) in [5.74, 6) is -1.89. The van der Waals surface area contributed by atoms with Crippen LogP contribution in [0.3, 0.4) is 0 Å². The van der Waals surface area contributed by atoms with Gasteiger partial charge in [0, 0.05) is 17.7 Å². The molecule has 0 aliphatic rings. The molecular weight excluding hydrogens is 478 g/mol. The number of hydrogen-bond acceptors (Lipinski definition) is 7. The third-order valence-corrected chi connectivity index (χ3v) is 5.24. The Labute approximate surface area is 210 Å². The smallest absolute Gasteiger partial charge is 0.340 e. The van der Waals surface area contributed by atoms with Gasteiger partial charge in [-0.1, -0.05) is 36.4 Å². The Bertz CT molecular complexity index is 1480. The van der Waals surface area contributed by atoms with Crippen LogP contribution in [-0.2, 0) is 4.74 Å². The highest BCUT2D eigenvalue weighted by atomic mass is 16.6. The number of nitrogens with zero attached hydrogens (tertiary/aromatic N) is 3. The fourth-order valence-electron chi connectivity index (χ4n) is 3.51. The summed E-state index contributed by atoms with van der Waals surface area (Å²) in [5.41, 5.74) is 0.709. The molecule has 1 heterocycles. The van der Waals surface area contributed by atoms with Crippen LogP contribution in [0, 0.1) is 10.1 Å². The summed E-state index contributed by atoms with van der Waals surface area (Å²) in [4.78, 5) is 49.2. The van der Waals surface area contributed by atoms with Gasteiger partial charge in [0.25, 0.3) is 17.5 Å². The Morgan fingerprint density at radius 2 is 1.65 bits per heavy atom. The van der Waals surface area contributed by atoms with E-state index in [9.17, 15) is 24.5 Å². The third kappa shape index (κ3) is 5.51. The van der Waals surface area contributed by atoms with E-state index >= 15 is 0 Å². The molecule has 186 valence electrons. The second-order valence-corrected chi connectivity index (χ2v) is 7.64. The van der Waals surface area contributed by atoms with Crippen LogP contribution in [0.2, 0.25) is 0 Å². The number of carbonyl (C=O) groups is 3. The standard InChI is InChI=1S/C26H21N5O6/c1-2-37-26(34)20-13-6-7-14-22(20)28-25(33)21-16-27-30(18-10-4-3-5-11-18)23(21)29-24(32)17-9-8-12-19(15-17)31(35)36/h3-16H,2H2,1H3,(H,28,33)(H,29,32). The van der Waals surface area contributed by atoms with Crippen LogP contribution in [0.1, 0.15) is 38.0 Å². The molecule has 0 aliphatic heterocycles. The number of benzene rings is 3. The number of hydrogen-bond donors (Lipinski definition) is 2. The van der Waals surface area contributed by atoms with E-state index in [0.29, 0.717) is 5.69 Å². The maximum Gasteiger partial charge on any atom is 0.340 e. The molecule has 2 N–H and O–H groups in total. The van der Waals surface area contributed by atoms with Crippen molar-refractivity contribution in [1.29, 1.82) is 0 Å². The summed E-state index contributed by atoms with van der Waals surface area (Å²) in [6, 6.07) is 20.4. The molecule has 11 heteroatoms. The first-order valence-electron chi connectivity index (χ1n) is 11.2. The molecule has 0 atom stereocenters. The SMILES string of the molecule is CCOC(=O)c1ccccc1NC(=O)c1cnn(-c2ccccc2)c1NC(=O)c1cccc([N+](=O)[O-])c1. The highest BCUT2D eigenvalue weighted by Crippen LogP contribution is 2.24. The number of anilines is 2. The molecule has 0 unspecified atom stereocenters. The molecule has 0 saturated heterocycles. The van der Waals surface area contributed by atoms with Gasteiger partial charge >= 0.3 is 5.97 Å². The lowest BCUT2D eigenvalue weighted by atomic mass is 10.1. The number of nitro benzene ring substituents is 1. The summed E-state index contributed by atoms with van der Waals surface area (Å²) in [6.45, 7) is 1.84. The van der Waals surface area contributed by atoms with Crippen LogP contribution in [0.15, 0.2) is 85.1 Å². The molecule has 11 nitrogen and oxygen atoms in total. The predicted octanol–water partition coefficient (Wildman–Crippen LogP) is 4.46. The summed E-state index contributed by atoms with van der Waals surface area (Å²) in [6.07, 6.45) is 1.28. The lowest BCUT2D eigenvalue weighted by Gasteiger charge is -2.13. The van der Waals surface area contributed by atoms with Crippen LogP contribution >= 0.6 is 0 Å². The Morgan fingerprint density at radius 3 is 2.38 bits per heavy atom. The maximum atomic E-state index is 13.3. The van der Waals surface area contributed by atoms with Crippen molar-refractivity contribution in [3.63, 3.8) is 0 Å². The summed E-state index contributed by atoms with van der Waals surface area (Å²) in [5, 5.41) is 20.7. The van der Waals surface area contributed by atoms with Gasteiger partial charge in [0.15, 0.2) is 0 Å². The summed E-state index contributed by atoms with van der Waals surface area (Å²) >= 11 is 0. The van der Waals surface area contributed by atoms with E-state index in [1.807, 2.05) is 0 Å². The van der Waals surface area contributed by atoms with Crippen LogP contribution < -0.4 is 10.6 Å². The van der Waals surface area contributed by atoms with Gasteiger partial charge in [-0.15, -0.1) is 0 Å². The van der Waals surface area contributed by atoms with Gasteiger partial charge < -0.3 is 15.4 Å². The molecule has 0 fully saturated rings. The molecule has 4 aromatic rings. The van der Waals surface area contributed by atoms with Gasteiger partial charge in [-0.2, -0.15) is 5.10 Å². The summed E-state index contributed by atoms with van der Waals surface area (Å²) in [7, 11) is 0. The molecule has 3 aromatic carbocycles. The lowest BCUT2D eigenvalue weighted by Crippen LogP contribution is -2.20. The van der Waals surface area contributed by atoms with Crippen molar-refractivity contribution in [2.45, 2.75) is 6.92 Å². The minimum atomic E-state index is -0.678. The number of esters is 1. The largest absolute Gasteiger partial charge is 0.462 e. The van der Waals surface area contributed by atoms with Gasteiger partial charge in [-0.3, -0.25) is 19.7 Å². The van der Waals surface area contributed by atoms with Gasteiger partial charge in [0.2, 0.25) is 0 Å². The minimum absolute atomic E-state index is 0.00120. The number of aromatic nitrogens is 2. The first-order valence-corrected chi connectivity index (χ1v) is 11.2. The van der Waals surface area contributed by atoms with Crippen molar-refractivity contribution in [1.82, 2.24) is 9.78 Å². The van der Waals surface area contributed by atoms with Crippen LogP contribution in [0.25, 0.3) is 5.69 Å². The fraction of sp³-hybridized carbons (Fsp3) is 0.0769. The van der Waals surface area contributed by atoms with Gasteiger partial charge in [-0.05, 0) is 37.3 Å². The van der Waals surface area contributed by atoms with E-state index in [1.165, 1.54) is 35.1 Å². The number of ether oxygens (including phenoxy) is 1. The highest BCUT2D eigenvalue weighted by molar-refractivity contribution is 6.13. The minimum Gasteiger partial charge on any atom is -0.462 e.